The van der Waals surface area contributed by atoms with Crippen LogP contribution in [0.1, 0.15) is 18.4 Å². The van der Waals surface area contributed by atoms with Crippen LogP contribution in [0.4, 0.5) is 8.78 Å². The molecule has 19 heavy (non-hydrogen) atoms. The summed E-state index contributed by atoms with van der Waals surface area (Å²) in [5.41, 5.74) is 0.00479. The molecule has 1 amide bonds. The maximum Gasteiger partial charge on any atom is 0.237 e. The van der Waals surface area contributed by atoms with Crippen molar-refractivity contribution in [2.45, 2.75) is 25.4 Å². The van der Waals surface area contributed by atoms with E-state index in [2.05, 4.69) is 21.2 Å². The molecule has 1 aromatic carbocycles. The number of rotatable bonds is 3. The van der Waals surface area contributed by atoms with Gasteiger partial charge in [-0.05, 0) is 47.4 Å². The van der Waals surface area contributed by atoms with E-state index in [9.17, 15) is 13.6 Å². The van der Waals surface area contributed by atoms with E-state index in [1.54, 1.807) is 7.05 Å². The molecule has 1 atom stereocenters. The van der Waals surface area contributed by atoms with E-state index in [-0.39, 0.29) is 28.5 Å². The third kappa shape index (κ3) is 2.95. The van der Waals surface area contributed by atoms with E-state index in [4.69, 9.17) is 0 Å². The Labute approximate surface area is 119 Å². The van der Waals surface area contributed by atoms with E-state index < -0.39 is 11.6 Å². The molecule has 1 aliphatic heterocycles. The molecule has 1 aromatic rings. The molecule has 1 N–H and O–H groups in total. The number of halogens is 3. The van der Waals surface area contributed by atoms with Gasteiger partial charge in [0.25, 0.3) is 0 Å². The summed E-state index contributed by atoms with van der Waals surface area (Å²) in [6, 6.07) is 2.27. The van der Waals surface area contributed by atoms with Crippen molar-refractivity contribution in [1.29, 1.82) is 0 Å². The molecule has 0 spiro atoms. The van der Waals surface area contributed by atoms with E-state index in [1.165, 1.54) is 12.1 Å². The smallest absolute Gasteiger partial charge is 0.237 e. The predicted molar refractivity (Wildman–Crippen MR) is 71.6 cm³/mol. The Balaban J connectivity index is 2.21. The van der Waals surface area contributed by atoms with Gasteiger partial charge in [-0.2, -0.15) is 0 Å². The van der Waals surface area contributed by atoms with Crippen LogP contribution in [-0.2, 0) is 11.3 Å². The fourth-order valence-corrected chi connectivity index (χ4v) is 2.77. The lowest BCUT2D eigenvalue weighted by Crippen LogP contribution is -2.41. The normalized spacial score (nSPS) is 19.7. The molecule has 1 heterocycles. The molecular formula is C13H15BrF2N2O. The number of hydrogen-bond donors (Lipinski definition) is 1. The fourth-order valence-electron chi connectivity index (χ4n) is 2.40. The zero-order chi connectivity index (χ0) is 14.0. The number of nitrogens with one attached hydrogen (secondary N) is 1. The van der Waals surface area contributed by atoms with Gasteiger partial charge in [0.15, 0.2) is 0 Å². The number of amides is 1. The summed E-state index contributed by atoms with van der Waals surface area (Å²) < 4.78 is 27.9. The Kier molecular flexibility index (Phi) is 4.52. The summed E-state index contributed by atoms with van der Waals surface area (Å²) in [7, 11) is 1.57. The molecular weight excluding hydrogens is 318 g/mol. The van der Waals surface area contributed by atoms with Gasteiger partial charge in [-0.3, -0.25) is 9.69 Å². The highest BCUT2D eigenvalue weighted by Crippen LogP contribution is 2.26. The Morgan fingerprint density at radius 1 is 1.53 bits per heavy atom. The summed E-state index contributed by atoms with van der Waals surface area (Å²) in [6.45, 7) is 0.776. The monoisotopic (exact) mass is 332 g/mol. The van der Waals surface area contributed by atoms with Crippen molar-refractivity contribution in [1.82, 2.24) is 10.2 Å². The molecule has 0 saturated carbocycles. The summed E-state index contributed by atoms with van der Waals surface area (Å²) in [5, 5.41) is 2.59. The average molecular weight is 333 g/mol. The Hall–Kier alpha value is -1.01. The largest absolute Gasteiger partial charge is 0.358 e. The maximum atomic E-state index is 13.9. The third-order valence-corrected chi connectivity index (χ3v) is 4.03. The molecule has 1 fully saturated rings. The number of likely N-dealkylation sites (tertiary alicyclic amines) is 1. The molecule has 1 saturated heterocycles. The highest BCUT2D eigenvalue weighted by atomic mass is 79.9. The standard InChI is InChI=1S/C13H15BrF2N2O/c1-17-13(19)11-3-2-6-18(11)7-8-10(15)5-4-9(14)12(8)16/h4-5,11H,2-3,6-7H2,1H3,(H,17,19). The van der Waals surface area contributed by atoms with Crippen molar-refractivity contribution in [3.05, 3.63) is 33.8 Å². The molecule has 0 radical (unpaired) electrons. The molecule has 2 rings (SSSR count). The van der Waals surface area contributed by atoms with Gasteiger partial charge >= 0.3 is 0 Å². The van der Waals surface area contributed by atoms with Crippen LogP contribution in [0.15, 0.2) is 16.6 Å². The van der Waals surface area contributed by atoms with Crippen LogP contribution in [0.3, 0.4) is 0 Å². The van der Waals surface area contributed by atoms with Crippen LogP contribution in [0, 0.1) is 11.6 Å². The van der Waals surface area contributed by atoms with Gasteiger partial charge in [0.2, 0.25) is 5.91 Å². The minimum Gasteiger partial charge on any atom is -0.358 e. The van der Waals surface area contributed by atoms with Crippen LogP contribution in [0.25, 0.3) is 0 Å². The zero-order valence-corrected chi connectivity index (χ0v) is 12.1. The number of benzene rings is 1. The van der Waals surface area contributed by atoms with Crippen molar-refractivity contribution >= 4 is 21.8 Å². The van der Waals surface area contributed by atoms with Crippen LogP contribution < -0.4 is 5.32 Å². The number of nitrogens with zero attached hydrogens (tertiary/aromatic N) is 1. The number of carbonyl (C=O) groups excluding carboxylic acids is 1. The van der Waals surface area contributed by atoms with Gasteiger partial charge in [-0.15, -0.1) is 0 Å². The first kappa shape index (κ1) is 14.4. The zero-order valence-electron chi connectivity index (χ0n) is 10.5. The highest BCUT2D eigenvalue weighted by molar-refractivity contribution is 9.10. The molecule has 1 unspecified atom stereocenters. The highest BCUT2D eigenvalue weighted by Gasteiger charge is 2.31. The van der Waals surface area contributed by atoms with E-state index >= 15 is 0 Å². The predicted octanol–water partition coefficient (Wildman–Crippen LogP) is 2.44. The summed E-state index contributed by atoms with van der Waals surface area (Å²) in [6.07, 6.45) is 1.58. The minimum absolute atomic E-state index is 0.00479. The molecule has 3 nitrogen and oxygen atoms in total. The van der Waals surface area contributed by atoms with Gasteiger partial charge in [0.05, 0.1) is 10.5 Å². The van der Waals surface area contributed by atoms with E-state index in [0.29, 0.717) is 6.54 Å². The van der Waals surface area contributed by atoms with Crippen molar-refractivity contribution in [2.24, 2.45) is 0 Å². The molecule has 104 valence electrons. The van der Waals surface area contributed by atoms with Gasteiger partial charge < -0.3 is 5.32 Å². The third-order valence-electron chi connectivity index (χ3n) is 3.41. The second-order valence-corrected chi connectivity index (χ2v) is 5.42. The Morgan fingerprint density at radius 2 is 2.26 bits per heavy atom. The summed E-state index contributed by atoms with van der Waals surface area (Å²) >= 11 is 3.05. The van der Waals surface area contributed by atoms with Gasteiger partial charge in [-0.1, -0.05) is 0 Å². The maximum absolute atomic E-state index is 13.9. The first-order valence-electron chi connectivity index (χ1n) is 6.12. The van der Waals surface area contributed by atoms with Crippen LogP contribution in [0.5, 0.6) is 0 Å². The van der Waals surface area contributed by atoms with Crippen molar-refractivity contribution in [2.75, 3.05) is 13.6 Å². The Morgan fingerprint density at radius 3 is 2.95 bits per heavy atom. The second kappa shape index (κ2) is 5.96. The minimum atomic E-state index is -0.595. The number of likely N-dealkylation sites (N-methyl/N-ethyl adjacent to an activating group) is 1. The van der Waals surface area contributed by atoms with E-state index in [0.717, 1.165) is 12.8 Å². The van der Waals surface area contributed by atoms with Crippen LogP contribution in [-0.4, -0.2) is 30.4 Å². The average Bonchev–Trinajstić information content (AvgIpc) is 2.86. The first-order valence-corrected chi connectivity index (χ1v) is 6.92. The molecule has 0 aliphatic carbocycles. The van der Waals surface area contributed by atoms with Crippen LogP contribution >= 0.6 is 15.9 Å². The Bertz CT molecular complexity index is 496. The lowest BCUT2D eigenvalue weighted by atomic mass is 10.1. The lowest BCUT2D eigenvalue weighted by molar-refractivity contribution is -0.125. The van der Waals surface area contributed by atoms with Crippen molar-refractivity contribution in [3.63, 3.8) is 0 Å². The van der Waals surface area contributed by atoms with Crippen molar-refractivity contribution in [3.8, 4) is 0 Å². The molecule has 1 aliphatic rings. The quantitative estimate of drug-likeness (QED) is 0.862. The topological polar surface area (TPSA) is 32.3 Å². The summed E-state index contributed by atoms with van der Waals surface area (Å²) in [5.74, 6) is -1.28. The summed E-state index contributed by atoms with van der Waals surface area (Å²) in [4.78, 5) is 13.5. The van der Waals surface area contributed by atoms with Gasteiger partial charge in [-0.25, -0.2) is 8.78 Å². The fraction of sp³-hybridized carbons (Fsp3) is 0.462. The van der Waals surface area contributed by atoms with Gasteiger partial charge in [0, 0.05) is 19.2 Å². The number of carbonyl (C=O) groups is 1. The second-order valence-electron chi connectivity index (χ2n) is 4.56. The molecule has 0 bridgehead atoms. The van der Waals surface area contributed by atoms with E-state index in [1.807, 2.05) is 4.90 Å². The van der Waals surface area contributed by atoms with Gasteiger partial charge in [0.1, 0.15) is 11.6 Å². The molecule has 0 aromatic heterocycles. The number of hydrogen-bond acceptors (Lipinski definition) is 2. The lowest BCUT2D eigenvalue weighted by Gasteiger charge is -2.23. The van der Waals surface area contributed by atoms with Crippen LogP contribution in [0.2, 0.25) is 0 Å². The SMILES string of the molecule is CNC(=O)C1CCCN1Cc1c(F)ccc(Br)c1F. The first-order chi connectivity index (χ1) is 9.04. The van der Waals surface area contributed by atoms with Crippen molar-refractivity contribution < 1.29 is 13.6 Å². The molecule has 6 heteroatoms.